The molecule has 8 heteroatoms. The third-order valence-electron chi connectivity index (χ3n) is 6.06. The Balaban J connectivity index is 1.22. The molecular weight excluding hydrogens is 465 g/mol. The maximum Gasteiger partial charge on any atom is 0.210 e. The normalized spacial score (nSPS) is 15.2. The molecule has 0 amide bonds. The highest BCUT2D eigenvalue weighted by Gasteiger charge is 2.15. The standard InChI is InChI=1S/C26H22FN5S2/c1-31-10-12-32(13-11-31)20-7-8-21-24(15-20)34-26(30-21)28-16-17-2-9-23-22(14-17)29-25(33-23)18-3-5-19(27)6-4-18/h2-9,14-16H,10-13H2,1H3/b28-16+. The number of piperazine rings is 1. The number of aromatic nitrogens is 2. The second-order valence-electron chi connectivity index (χ2n) is 8.45. The summed E-state index contributed by atoms with van der Waals surface area (Å²) in [4.78, 5) is 18.9. The van der Waals surface area contributed by atoms with Crippen LogP contribution in [0.1, 0.15) is 5.56 Å². The van der Waals surface area contributed by atoms with Gasteiger partial charge in [-0.25, -0.2) is 19.4 Å². The van der Waals surface area contributed by atoms with Gasteiger partial charge in [-0.15, -0.1) is 11.3 Å². The number of thiazole rings is 2. The third kappa shape index (κ3) is 4.32. The van der Waals surface area contributed by atoms with Crippen molar-refractivity contribution >= 4 is 60.1 Å². The first-order valence-corrected chi connectivity index (χ1v) is 12.8. The second kappa shape index (κ2) is 8.87. The van der Waals surface area contributed by atoms with Gasteiger partial charge in [0.1, 0.15) is 10.8 Å². The zero-order valence-electron chi connectivity index (χ0n) is 18.6. The van der Waals surface area contributed by atoms with E-state index in [1.165, 1.54) is 17.8 Å². The first-order valence-electron chi connectivity index (χ1n) is 11.2. The molecule has 0 atom stereocenters. The highest BCUT2D eigenvalue weighted by atomic mass is 32.1. The summed E-state index contributed by atoms with van der Waals surface area (Å²) in [5, 5.41) is 1.63. The van der Waals surface area contributed by atoms with Crippen LogP contribution in [0.2, 0.25) is 0 Å². The summed E-state index contributed by atoms with van der Waals surface area (Å²) in [7, 11) is 2.17. The summed E-state index contributed by atoms with van der Waals surface area (Å²) >= 11 is 3.21. The minimum Gasteiger partial charge on any atom is -0.369 e. The molecule has 3 aromatic carbocycles. The van der Waals surface area contributed by atoms with Crippen molar-refractivity contribution in [1.82, 2.24) is 14.9 Å². The van der Waals surface area contributed by atoms with Crippen LogP contribution >= 0.6 is 22.7 Å². The van der Waals surface area contributed by atoms with Gasteiger partial charge < -0.3 is 9.80 Å². The molecule has 5 nitrogen and oxygen atoms in total. The van der Waals surface area contributed by atoms with Gasteiger partial charge in [0.25, 0.3) is 0 Å². The summed E-state index contributed by atoms with van der Waals surface area (Å²) in [5.41, 5.74) is 5.04. The SMILES string of the molecule is CN1CCN(c2ccc3nc(/N=C/c4ccc5sc(-c6ccc(F)cc6)nc5c4)sc3c2)CC1. The molecule has 170 valence electrons. The number of halogens is 1. The van der Waals surface area contributed by atoms with Gasteiger partial charge in [0.05, 0.1) is 20.4 Å². The Labute approximate surface area is 204 Å². The average Bonchev–Trinajstić information content (AvgIpc) is 3.46. The number of fused-ring (bicyclic) bond motifs is 2. The molecule has 0 bridgehead atoms. The Morgan fingerprint density at radius 2 is 1.68 bits per heavy atom. The Morgan fingerprint density at radius 1 is 0.853 bits per heavy atom. The van der Waals surface area contributed by atoms with E-state index in [1.54, 1.807) is 34.8 Å². The minimum absolute atomic E-state index is 0.242. The van der Waals surface area contributed by atoms with Crippen LogP contribution in [0.15, 0.2) is 65.7 Å². The third-order valence-corrected chi connectivity index (χ3v) is 8.07. The smallest absolute Gasteiger partial charge is 0.210 e. The lowest BCUT2D eigenvalue weighted by atomic mass is 10.2. The summed E-state index contributed by atoms with van der Waals surface area (Å²) in [5.74, 6) is -0.242. The average molecular weight is 488 g/mol. The van der Waals surface area contributed by atoms with Crippen LogP contribution in [0.25, 0.3) is 31.0 Å². The van der Waals surface area contributed by atoms with E-state index in [9.17, 15) is 4.39 Å². The molecule has 0 unspecified atom stereocenters. The van der Waals surface area contributed by atoms with E-state index in [4.69, 9.17) is 4.98 Å². The second-order valence-corrected chi connectivity index (χ2v) is 10.5. The molecule has 0 saturated carbocycles. The van der Waals surface area contributed by atoms with Crippen LogP contribution in [0.3, 0.4) is 0 Å². The molecule has 3 heterocycles. The largest absolute Gasteiger partial charge is 0.369 e. The van der Waals surface area contributed by atoms with Crippen molar-refractivity contribution in [1.29, 1.82) is 0 Å². The van der Waals surface area contributed by atoms with Gasteiger partial charge in [0.2, 0.25) is 5.13 Å². The van der Waals surface area contributed by atoms with Crippen molar-refractivity contribution < 1.29 is 4.39 Å². The van der Waals surface area contributed by atoms with Gasteiger partial charge in [-0.2, -0.15) is 0 Å². The molecule has 5 aromatic rings. The highest BCUT2D eigenvalue weighted by Crippen LogP contribution is 2.33. The van der Waals surface area contributed by atoms with Gasteiger partial charge in [0, 0.05) is 43.6 Å². The molecule has 0 aliphatic carbocycles. The van der Waals surface area contributed by atoms with E-state index in [2.05, 4.69) is 51.1 Å². The van der Waals surface area contributed by atoms with Crippen molar-refractivity contribution in [2.75, 3.05) is 38.1 Å². The molecule has 1 aliphatic heterocycles. The quantitative estimate of drug-likeness (QED) is 0.283. The van der Waals surface area contributed by atoms with E-state index in [0.717, 1.165) is 67.9 Å². The number of aliphatic imine (C=N–C) groups is 1. The molecule has 1 saturated heterocycles. The van der Waals surface area contributed by atoms with Crippen LogP contribution < -0.4 is 4.90 Å². The number of benzene rings is 3. The monoisotopic (exact) mass is 487 g/mol. The van der Waals surface area contributed by atoms with E-state index in [1.807, 2.05) is 18.3 Å². The first-order chi connectivity index (χ1) is 16.6. The van der Waals surface area contributed by atoms with E-state index in [-0.39, 0.29) is 5.82 Å². The Hall–Kier alpha value is -3.20. The molecule has 1 aliphatic rings. The molecule has 6 rings (SSSR count). The summed E-state index contributed by atoms with van der Waals surface area (Å²) in [6.07, 6.45) is 1.84. The van der Waals surface area contributed by atoms with Crippen LogP contribution in [-0.4, -0.2) is 54.3 Å². The van der Waals surface area contributed by atoms with Crippen molar-refractivity contribution in [3.63, 3.8) is 0 Å². The predicted octanol–water partition coefficient (Wildman–Crippen LogP) is 6.21. The molecule has 2 aromatic heterocycles. The topological polar surface area (TPSA) is 44.6 Å². The number of nitrogens with zero attached hydrogens (tertiary/aromatic N) is 5. The summed E-state index contributed by atoms with van der Waals surface area (Å²) < 4.78 is 15.5. The van der Waals surface area contributed by atoms with Gasteiger partial charge >= 0.3 is 0 Å². The van der Waals surface area contributed by atoms with Crippen molar-refractivity contribution in [3.05, 3.63) is 72.0 Å². The molecule has 1 fully saturated rings. The number of likely N-dealkylation sites (N-methyl/N-ethyl adjacent to an activating group) is 1. The fourth-order valence-corrected chi connectivity index (χ4v) is 5.88. The van der Waals surface area contributed by atoms with Crippen LogP contribution in [0, 0.1) is 5.82 Å². The molecule has 0 spiro atoms. The lowest BCUT2D eigenvalue weighted by Crippen LogP contribution is -2.44. The van der Waals surface area contributed by atoms with E-state index >= 15 is 0 Å². The maximum atomic E-state index is 13.2. The van der Waals surface area contributed by atoms with Gasteiger partial charge in [-0.05, 0) is 67.2 Å². The van der Waals surface area contributed by atoms with Crippen LogP contribution in [-0.2, 0) is 0 Å². The Morgan fingerprint density at radius 3 is 2.50 bits per heavy atom. The van der Waals surface area contributed by atoms with E-state index < -0.39 is 0 Å². The number of hydrogen-bond donors (Lipinski definition) is 0. The van der Waals surface area contributed by atoms with Crippen LogP contribution in [0.4, 0.5) is 15.2 Å². The highest BCUT2D eigenvalue weighted by molar-refractivity contribution is 7.22. The zero-order valence-corrected chi connectivity index (χ0v) is 20.2. The fraction of sp³-hybridized carbons (Fsp3) is 0.192. The van der Waals surface area contributed by atoms with Crippen molar-refractivity contribution in [2.45, 2.75) is 0 Å². The number of rotatable bonds is 4. The molecule has 0 radical (unpaired) electrons. The first kappa shape index (κ1) is 21.3. The lowest BCUT2D eigenvalue weighted by Gasteiger charge is -2.34. The zero-order chi connectivity index (χ0) is 23.1. The summed E-state index contributed by atoms with van der Waals surface area (Å²) in [6, 6.07) is 19.1. The van der Waals surface area contributed by atoms with Gasteiger partial charge in [-0.3, -0.25) is 0 Å². The maximum absolute atomic E-state index is 13.2. The van der Waals surface area contributed by atoms with Gasteiger partial charge in [-0.1, -0.05) is 17.4 Å². The predicted molar refractivity (Wildman–Crippen MR) is 142 cm³/mol. The molecule has 34 heavy (non-hydrogen) atoms. The minimum atomic E-state index is -0.242. The Bertz CT molecular complexity index is 1500. The lowest BCUT2D eigenvalue weighted by molar-refractivity contribution is 0.313. The van der Waals surface area contributed by atoms with Crippen LogP contribution in [0.5, 0.6) is 0 Å². The van der Waals surface area contributed by atoms with Gasteiger partial charge in [0.15, 0.2) is 0 Å². The Kier molecular flexibility index (Phi) is 5.57. The molecular formula is C26H22FN5S2. The molecule has 0 N–H and O–H groups in total. The number of anilines is 1. The summed E-state index contributed by atoms with van der Waals surface area (Å²) in [6.45, 7) is 4.28. The van der Waals surface area contributed by atoms with Crippen molar-refractivity contribution in [2.24, 2.45) is 4.99 Å². The van der Waals surface area contributed by atoms with E-state index in [0.29, 0.717) is 0 Å². The number of hydrogen-bond acceptors (Lipinski definition) is 7. The fourth-order valence-electron chi connectivity index (χ4n) is 4.09. The van der Waals surface area contributed by atoms with Crippen molar-refractivity contribution in [3.8, 4) is 10.6 Å².